The largest absolute Gasteiger partial charge is 0.325 e. The first-order valence-electron chi connectivity index (χ1n) is 8.58. The molecule has 2 aromatic carbocycles. The average Bonchev–Trinajstić information content (AvgIpc) is 2.94. The molecule has 1 heterocycles. The number of nitrogens with zero attached hydrogens (tertiary/aromatic N) is 1. The highest BCUT2D eigenvalue weighted by atomic mass is 79.9. The van der Waals surface area contributed by atoms with E-state index in [1.54, 1.807) is 12.1 Å². The Morgan fingerprint density at radius 1 is 1.11 bits per heavy atom. The molecule has 0 bridgehead atoms. The van der Waals surface area contributed by atoms with Gasteiger partial charge in [-0.05, 0) is 36.2 Å². The van der Waals surface area contributed by atoms with Crippen molar-refractivity contribution in [1.82, 2.24) is 4.90 Å². The monoisotopic (exact) mass is 446 g/mol. The summed E-state index contributed by atoms with van der Waals surface area (Å²) in [5.74, 6) is -0.420. The number of likely N-dealkylation sites (tertiary alicyclic amines) is 1. The number of thioether (sulfide) groups is 1. The van der Waals surface area contributed by atoms with Crippen LogP contribution in [0.2, 0.25) is 0 Å². The highest BCUT2D eigenvalue weighted by molar-refractivity contribution is 9.10. The molecule has 1 saturated heterocycles. The molecular formula is C20H19BrN2O3S. The summed E-state index contributed by atoms with van der Waals surface area (Å²) in [5, 5.41) is 2.30. The van der Waals surface area contributed by atoms with Crippen LogP contribution in [-0.4, -0.2) is 40.2 Å². The predicted octanol–water partition coefficient (Wildman–Crippen LogP) is 3.49. The van der Waals surface area contributed by atoms with Gasteiger partial charge in [0.2, 0.25) is 17.7 Å². The van der Waals surface area contributed by atoms with Gasteiger partial charge in [0, 0.05) is 23.1 Å². The Kier molecular flexibility index (Phi) is 6.68. The van der Waals surface area contributed by atoms with Crippen LogP contribution in [0.15, 0.2) is 59.1 Å². The van der Waals surface area contributed by atoms with E-state index in [0.29, 0.717) is 18.7 Å². The number of benzene rings is 2. The van der Waals surface area contributed by atoms with Gasteiger partial charge in [-0.3, -0.25) is 19.3 Å². The average molecular weight is 447 g/mol. The number of halogens is 1. The van der Waals surface area contributed by atoms with Crippen LogP contribution in [-0.2, 0) is 20.8 Å². The fraction of sp³-hybridized carbons (Fsp3) is 0.250. The molecule has 0 unspecified atom stereocenters. The van der Waals surface area contributed by atoms with Crippen molar-refractivity contribution in [1.29, 1.82) is 0 Å². The van der Waals surface area contributed by atoms with Gasteiger partial charge >= 0.3 is 0 Å². The molecule has 1 fully saturated rings. The van der Waals surface area contributed by atoms with Gasteiger partial charge in [0.1, 0.15) is 0 Å². The van der Waals surface area contributed by atoms with Crippen molar-refractivity contribution in [2.45, 2.75) is 18.1 Å². The van der Waals surface area contributed by atoms with E-state index in [0.717, 1.165) is 10.0 Å². The molecule has 1 aliphatic rings. The lowest BCUT2D eigenvalue weighted by atomic mass is 10.1. The molecule has 2 aromatic rings. The molecule has 0 radical (unpaired) electrons. The van der Waals surface area contributed by atoms with E-state index in [1.165, 1.54) is 16.7 Å². The number of rotatable bonds is 7. The number of hydrogen-bond acceptors (Lipinski definition) is 4. The third kappa shape index (κ3) is 5.43. The number of nitrogens with one attached hydrogen (secondary N) is 1. The summed E-state index contributed by atoms with van der Waals surface area (Å²) in [5.41, 5.74) is 1.78. The molecular weight excluding hydrogens is 428 g/mol. The molecule has 0 aliphatic carbocycles. The Balaban J connectivity index is 1.48. The van der Waals surface area contributed by atoms with Crippen molar-refractivity contribution in [2.24, 2.45) is 0 Å². The quantitative estimate of drug-likeness (QED) is 0.660. The fourth-order valence-electron chi connectivity index (χ4n) is 2.81. The Labute approximate surface area is 170 Å². The summed E-state index contributed by atoms with van der Waals surface area (Å²) in [6.45, 7) is 0.379. The summed E-state index contributed by atoms with van der Waals surface area (Å²) in [4.78, 5) is 38.1. The minimum atomic E-state index is -0.482. The Hall–Kier alpha value is -2.12. The van der Waals surface area contributed by atoms with E-state index in [-0.39, 0.29) is 29.9 Å². The molecule has 1 N–H and O–H groups in total. The Morgan fingerprint density at radius 3 is 2.52 bits per heavy atom. The number of anilines is 1. The van der Waals surface area contributed by atoms with Crippen LogP contribution in [0, 0.1) is 0 Å². The fourth-order valence-corrected chi connectivity index (χ4v) is 4.03. The van der Waals surface area contributed by atoms with Crippen LogP contribution in [0.3, 0.4) is 0 Å². The molecule has 0 aromatic heterocycles. The van der Waals surface area contributed by atoms with Gasteiger partial charge in [0.05, 0.1) is 11.0 Å². The van der Waals surface area contributed by atoms with Gasteiger partial charge in [0.25, 0.3) is 0 Å². The summed E-state index contributed by atoms with van der Waals surface area (Å²) >= 11 is 4.56. The van der Waals surface area contributed by atoms with Gasteiger partial charge in [-0.25, -0.2) is 0 Å². The standard InChI is InChI=1S/C20H19BrN2O3S/c21-15-6-8-16(9-7-15)22-18(24)13-27-17-12-19(25)23(20(17)26)11-10-14-4-2-1-3-5-14/h1-9,17H,10-13H2,(H,22,24)/t17-/m0/s1. The maximum Gasteiger partial charge on any atom is 0.242 e. The van der Waals surface area contributed by atoms with Crippen LogP contribution < -0.4 is 5.32 Å². The van der Waals surface area contributed by atoms with Crippen molar-refractivity contribution in [3.05, 3.63) is 64.6 Å². The Morgan fingerprint density at radius 2 is 1.81 bits per heavy atom. The first-order valence-corrected chi connectivity index (χ1v) is 10.4. The maximum absolute atomic E-state index is 12.5. The maximum atomic E-state index is 12.5. The van der Waals surface area contributed by atoms with E-state index in [2.05, 4.69) is 21.2 Å². The highest BCUT2D eigenvalue weighted by Gasteiger charge is 2.38. The van der Waals surface area contributed by atoms with E-state index in [1.807, 2.05) is 42.5 Å². The molecule has 0 spiro atoms. The SMILES string of the molecule is O=C(CS[C@H]1CC(=O)N(CCc2ccccc2)C1=O)Nc1ccc(Br)cc1. The molecule has 1 aliphatic heterocycles. The zero-order valence-corrected chi connectivity index (χ0v) is 17.0. The highest BCUT2D eigenvalue weighted by Crippen LogP contribution is 2.25. The first-order chi connectivity index (χ1) is 13.0. The van der Waals surface area contributed by atoms with E-state index < -0.39 is 5.25 Å². The van der Waals surface area contributed by atoms with Crippen molar-refractivity contribution in [3.63, 3.8) is 0 Å². The van der Waals surface area contributed by atoms with Crippen molar-refractivity contribution >= 4 is 51.1 Å². The molecule has 5 nitrogen and oxygen atoms in total. The van der Waals surface area contributed by atoms with E-state index in [9.17, 15) is 14.4 Å². The van der Waals surface area contributed by atoms with Gasteiger partial charge in [-0.15, -0.1) is 11.8 Å². The van der Waals surface area contributed by atoms with Crippen molar-refractivity contribution < 1.29 is 14.4 Å². The molecule has 3 amide bonds. The van der Waals surface area contributed by atoms with Crippen LogP contribution in [0.4, 0.5) is 5.69 Å². The summed E-state index contributed by atoms with van der Waals surface area (Å²) in [7, 11) is 0. The van der Waals surface area contributed by atoms with Gasteiger partial charge in [0.15, 0.2) is 0 Å². The normalized spacial score (nSPS) is 16.6. The van der Waals surface area contributed by atoms with Crippen molar-refractivity contribution in [3.8, 4) is 0 Å². The third-order valence-corrected chi connectivity index (χ3v) is 5.94. The topological polar surface area (TPSA) is 66.5 Å². The minimum Gasteiger partial charge on any atom is -0.325 e. The molecule has 3 rings (SSSR count). The zero-order chi connectivity index (χ0) is 19.2. The Bertz CT molecular complexity index is 827. The van der Waals surface area contributed by atoms with E-state index in [4.69, 9.17) is 0 Å². The van der Waals surface area contributed by atoms with Crippen LogP contribution in [0.25, 0.3) is 0 Å². The number of hydrogen-bond donors (Lipinski definition) is 1. The number of carbonyl (C=O) groups excluding carboxylic acids is 3. The number of carbonyl (C=O) groups is 3. The van der Waals surface area contributed by atoms with E-state index >= 15 is 0 Å². The molecule has 27 heavy (non-hydrogen) atoms. The number of imide groups is 1. The molecule has 140 valence electrons. The van der Waals surface area contributed by atoms with Crippen LogP contribution >= 0.6 is 27.7 Å². The lowest BCUT2D eigenvalue weighted by molar-refractivity contribution is -0.138. The summed E-state index contributed by atoms with van der Waals surface area (Å²) in [6, 6.07) is 17.0. The van der Waals surface area contributed by atoms with Gasteiger partial charge in [-0.1, -0.05) is 46.3 Å². The smallest absolute Gasteiger partial charge is 0.242 e. The van der Waals surface area contributed by atoms with Crippen LogP contribution in [0.5, 0.6) is 0 Å². The van der Waals surface area contributed by atoms with Gasteiger partial charge in [-0.2, -0.15) is 0 Å². The minimum absolute atomic E-state index is 0.131. The number of amides is 3. The summed E-state index contributed by atoms with van der Waals surface area (Å²) < 4.78 is 0.931. The lowest BCUT2D eigenvalue weighted by Gasteiger charge is -2.14. The van der Waals surface area contributed by atoms with Gasteiger partial charge < -0.3 is 5.32 Å². The molecule has 7 heteroatoms. The van der Waals surface area contributed by atoms with Crippen LogP contribution in [0.1, 0.15) is 12.0 Å². The third-order valence-electron chi connectivity index (χ3n) is 4.21. The van der Waals surface area contributed by atoms with Crippen molar-refractivity contribution in [2.75, 3.05) is 17.6 Å². The second-order valence-corrected chi connectivity index (χ2v) is 8.28. The molecule has 1 atom stereocenters. The zero-order valence-electron chi connectivity index (χ0n) is 14.6. The summed E-state index contributed by atoms with van der Waals surface area (Å²) in [6.07, 6.45) is 0.795. The second kappa shape index (κ2) is 9.19. The lowest BCUT2D eigenvalue weighted by Crippen LogP contribution is -2.33. The molecule has 0 saturated carbocycles. The predicted molar refractivity (Wildman–Crippen MR) is 111 cm³/mol. The first kappa shape index (κ1) is 19.6. The second-order valence-electron chi connectivity index (χ2n) is 6.18.